The van der Waals surface area contributed by atoms with E-state index in [0.717, 1.165) is 17.1 Å². The molecule has 0 unspecified atom stereocenters. The molecular weight excluding hydrogens is 240 g/mol. The fourth-order valence-corrected chi connectivity index (χ4v) is 2.00. The van der Waals surface area contributed by atoms with Crippen LogP contribution in [0.1, 0.15) is 5.82 Å². The summed E-state index contributed by atoms with van der Waals surface area (Å²) in [6.07, 6.45) is 5.03. The highest BCUT2D eigenvalue weighted by Gasteiger charge is 2.15. The molecule has 0 aliphatic rings. The van der Waals surface area contributed by atoms with E-state index in [0.29, 0.717) is 10.7 Å². The molecule has 0 aliphatic carbocycles. The summed E-state index contributed by atoms with van der Waals surface area (Å²) < 4.78 is 3.39. The number of aryl methyl sites for hydroxylation is 2. The molecule has 0 radical (unpaired) electrons. The second-order valence-electron chi connectivity index (χ2n) is 3.72. The largest absolute Gasteiger partial charge is 0.275 e. The monoisotopic (exact) mass is 248 g/mol. The molecule has 0 bridgehead atoms. The second kappa shape index (κ2) is 3.53. The van der Waals surface area contributed by atoms with Crippen molar-refractivity contribution in [3.63, 3.8) is 0 Å². The van der Waals surface area contributed by atoms with Gasteiger partial charge in [-0.05, 0) is 6.92 Å². The predicted octanol–water partition coefficient (Wildman–Crippen LogP) is 1.49. The van der Waals surface area contributed by atoms with Crippen molar-refractivity contribution in [2.45, 2.75) is 6.92 Å². The molecule has 0 spiro atoms. The van der Waals surface area contributed by atoms with Crippen molar-refractivity contribution in [3.8, 4) is 11.3 Å². The Kier molecular flexibility index (Phi) is 2.12. The van der Waals surface area contributed by atoms with Crippen LogP contribution < -0.4 is 0 Å². The third-order valence-corrected chi connectivity index (χ3v) is 2.80. The van der Waals surface area contributed by atoms with Gasteiger partial charge in [0.15, 0.2) is 5.15 Å². The summed E-state index contributed by atoms with van der Waals surface area (Å²) in [6.45, 7) is 1.87. The van der Waals surface area contributed by atoms with E-state index in [4.69, 9.17) is 11.6 Å². The summed E-state index contributed by atoms with van der Waals surface area (Å²) in [5, 5.41) is 8.64. The van der Waals surface area contributed by atoms with Crippen molar-refractivity contribution in [1.82, 2.24) is 29.4 Å². The first kappa shape index (κ1) is 10.2. The minimum Gasteiger partial charge on any atom is -0.275 e. The fraction of sp³-hybridized carbons (Fsp3) is 0.200. The maximum atomic E-state index is 6.09. The molecule has 0 aliphatic heterocycles. The van der Waals surface area contributed by atoms with Crippen molar-refractivity contribution in [2.75, 3.05) is 0 Å². The van der Waals surface area contributed by atoms with Gasteiger partial charge in [0.05, 0.1) is 6.20 Å². The summed E-state index contributed by atoms with van der Waals surface area (Å²) >= 11 is 6.09. The quantitative estimate of drug-likeness (QED) is 0.655. The van der Waals surface area contributed by atoms with Gasteiger partial charge in [-0.15, -0.1) is 0 Å². The number of nitrogens with zero attached hydrogens (tertiary/aromatic N) is 6. The van der Waals surface area contributed by atoms with Gasteiger partial charge >= 0.3 is 0 Å². The molecule has 0 fully saturated rings. The van der Waals surface area contributed by atoms with Crippen LogP contribution in [-0.4, -0.2) is 29.4 Å². The van der Waals surface area contributed by atoms with Crippen LogP contribution in [0.4, 0.5) is 0 Å². The molecule has 0 N–H and O–H groups in total. The van der Waals surface area contributed by atoms with E-state index in [9.17, 15) is 0 Å². The third-order valence-electron chi connectivity index (χ3n) is 2.53. The van der Waals surface area contributed by atoms with Crippen molar-refractivity contribution >= 4 is 17.1 Å². The second-order valence-corrected chi connectivity index (χ2v) is 4.08. The van der Waals surface area contributed by atoms with Crippen molar-refractivity contribution in [1.29, 1.82) is 0 Å². The lowest BCUT2D eigenvalue weighted by molar-refractivity contribution is 0.768. The van der Waals surface area contributed by atoms with Gasteiger partial charge in [-0.3, -0.25) is 4.68 Å². The number of halogens is 1. The van der Waals surface area contributed by atoms with Crippen molar-refractivity contribution < 1.29 is 0 Å². The molecule has 0 atom stereocenters. The maximum Gasteiger partial charge on any atom is 0.158 e. The van der Waals surface area contributed by atoms with E-state index >= 15 is 0 Å². The fourth-order valence-electron chi connectivity index (χ4n) is 1.78. The lowest BCUT2D eigenvalue weighted by Crippen LogP contribution is -1.95. The first-order valence-electron chi connectivity index (χ1n) is 5.01. The minimum absolute atomic E-state index is 0.388. The van der Waals surface area contributed by atoms with E-state index < -0.39 is 0 Å². The molecule has 3 aromatic heterocycles. The summed E-state index contributed by atoms with van der Waals surface area (Å²) in [5.41, 5.74) is 2.36. The summed E-state index contributed by atoms with van der Waals surface area (Å²) in [6, 6.07) is 0. The van der Waals surface area contributed by atoms with Gasteiger partial charge in [-0.25, -0.2) is 14.5 Å². The topological polar surface area (TPSA) is 60.9 Å². The van der Waals surface area contributed by atoms with Gasteiger partial charge in [-0.1, -0.05) is 11.6 Å². The van der Waals surface area contributed by atoms with E-state index in [1.54, 1.807) is 15.4 Å². The molecule has 86 valence electrons. The zero-order chi connectivity index (χ0) is 12.0. The van der Waals surface area contributed by atoms with Crippen molar-refractivity contribution in [3.05, 3.63) is 29.7 Å². The molecule has 0 saturated heterocycles. The third kappa shape index (κ3) is 1.49. The molecule has 3 aromatic rings. The average molecular weight is 249 g/mol. The lowest BCUT2D eigenvalue weighted by Gasteiger charge is -1.96. The molecule has 6 nitrogen and oxygen atoms in total. The van der Waals surface area contributed by atoms with Gasteiger partial charge in [0.2, 0.25) is 0 Å². The maximum absolute atomic E-state index is 6.09. The summed E-state index contributed by atoms with van der Waals surface area (Å²) in [4.78, 5) is 8.44. The molecule has 0 saturated carbocycles. The molecule has 17 heavy (non-hydrogen) atoms. The van der Waals surface area contributed by atoms with Gasteiger partial charge in [0, 0.05) is 18.8 Å². The van der Waals surface area contributed by atoms with Crippen LogP contribution in [0, 0.1) is 6.92 Å². The Morgan fingerprint density at radius 3 is 2.82 bits per heavy atom. The molecule has 3 rings (SSSR count). The zero-order valence-electron chi connectivity index (χ0n) is 9.29. The van der Waals surface area contributed by atoms with E-state index in [2.05, 4.69) is 20.2 Å². The van der Waals surface area contributed by atoms with Crippen LogP contribution in [-0.2, 0) is 7.05 Å². The number of rotatable bonds is 1. The number of hydrogen-bond acceptors (Lipinski definition) is 4. The Balaban J connectivity index is 2.37. The Labute approximate surface area is 102 Å². The van der Waals surface area contributed by atoms with E-state index in [-0.39, 0.29) is 0 Å². The Morgan fingerprint density at radius 2 is 2.12 bits per heavy atom. The highest BCUT2D eigenvalue weighted by molar-refractivity contribution is 6.33. The zero-order valence-corrected chi connectivity index (χ0v) is 10.0. The molecular formula is C10H9ClN6. The van der Waals surface area contributed by atoms with Gasteiger partial charge in [-0.2, -0.15) is 10.2 Å². The lowest BCUT2D eigenvalue weighted by atomic mass is 10.2. The first-order chi connectivity index (χ1) is 8.16. The van der Waals surface area contributed by atoms with Crippen LogP contribution in [0.2, 0.25) is 5.15 Å². The van der Waals surface area contributed by atoms with Gasteiger partial charge < -0.3 is 0 Å². The predicted molar refractivity (Wildman–Crippen MR) is 62.7 cm³/mol. The van der Waals surface area contributed by atoms with E-state index in [1.807, 2.05) is 20.2 Å². The number of hydrogen-bond donors (Lipinski definition) is 0. The highest BCUT2D eigenvalue weighted by atomic mass is 35.5. The van der Waals surface area contributed by atoms with Gasteiger partial charge in [0.25, 0.3) is 0 Å². The highest BCUT2D eigenvalue weighted by Crippen LogP contribution is 2.27. The number of fused-ring (bicyclic) bond motifs is 1. The van der Waals surface area contributed by atoms with Crippen molar-refractivity contribution in [2.24, 2.45) is 7.05 Å². The molecule has 7 heteroatoms. The Hall–Kier alpha value is -1.95. The van der Waals surface area contributed by atoms with Crippen LogP contribution in [0.5, 0.6) is 0 Å². The Bertz CT molecular complexity index is 698. The first-order valence-corrected chi connectivity index (χ1v) is 5.39. The molecule has 0 amide bonds. The van der Waals surface area contributed by atoms with Crippen LogP contribution in [0.25, 0.3) is 16.8 Å². The minimum atomic E-state index is 0.388. The average Bonchev–Trinajstić information content (AvgIpc) is 2.85. The molecule has 3 heterocycles. The summed E-state index contributed by atoms with van der Waals surface area (Å²) in [5.74, 6) is 0.767. The van der Waals surface area contributed by atoms with Crippen LogP contribution >= 0.6 is 11.6 Å². The number of imidazole rings is 1. The van der Waals surface area contributed by atoms with E-state index in [1.165, 1.54) is 6.33 Å². The molecule has 0 aromatic carbocycles. The smallest absolute Gasteiger partial charge is 0.158 e. The van der Waals surface area contributed by atoms with Crippen LogP contribution in [0.15, 0.2) is 18.7 Å². The van der Waals surface area contributed by atoms with Crippen LogP contribution in [0.3, 0.4) is 0 Å². The summed E-state index contributed by atoms with van der Waals surface area (Å²) in [7, 11) is 1.85. The standard InChI is InChI=1S/C10H9ClN6/c1-6-15-8(7-3-13-16(2)4-7)9-10(11)12-5-14-17(6)9/h3-5H,1-2H3. The SMILES string of the molecule is Cc1nc(-c2cnn(C)c2)c2c(Cl)ncnn12. The van der Waals surface area contributed by atoms with Gasteiger partial charge in [0.1, 0.15) is 23.4 Å². The number of aromatic nitrogens is 6. The normalized spacial score (nSPS) is 11.2. The Morgan fingerprint density at radius 1 is 1.29 bits per heavy atom.